The fourth-order valence-electron chi connectivity index (χ4n) is 3.67. The average Bonchev–Trinajstić information content (AvgIpc) is 3.39. The van der Waals surface area contributed by atoms with E-state index in [2.05, 4.69) is 10.4 Å². The van der Waals surface area contributed by atoms with Crippen molar-refractivity contribution in [2.24, 2.45) is 7.05 Å². The van der Waals surface area contributed by atoms with E-state index in [1.807, 2.05) is 90.4 Å². The van der Waals surface area contributed by atoms with Gasteiger partial charge >= 0.3 is 0 Å². The summed E-state index contributed by atoms with van der Waals surface area (Å²) in [5.74, 6) is -0.208. The number of hydrogen-bond donors (Lipinski definition) is 1. The Morgan fingerprint density at radius 3 is 2.52 bits per heavy atom. The van der Waals surface area contributed by atoms with Crippen molar-refractivity contribution in [1.29, 1.82) is 0 Å². The standard InChI is InChI=1S/C25H21N5O/c1-17-8-7-13-30-16-22(27-24(17)30)19-11-6-12-20(14-19)26-25(31)23-15-21(28-29(23)2)18-9-4-3-5-10-18/h3-16H,1-2H3,(H,26,31). The van der Waals surface area contributed by atoms with Crippen molar-refractivity contribution in [1.82, 2.24) is 19.2 Å². The van der Waals surface area contributed by atoms with E-state index < -0.39 is 0 Å². The molecule has 3 aromatic heterocycles. The fourth-order valence-corrected chi connectivity index (χ4v) is 3.67. The minimum Gasteiger partial charge on any atom is -0.321 e. The number of benzene rings is 2. The molecular formula is C25H21N5O. The van der Waals surface area contributed by atoms with Crippen LogP contribution in [0.15, 0.2) is 85.2 Å². The topological polar surface area (TPSA) is 64.2 Å². The van der Waals surface area contributed by atoms with Gasteiger partial charge in [-0.1, -0.05) is 48.5 Å². The lowest BCUT2D eigenvalue weighted by Gasteiger charge is -2.06. The summed E-state index contributed by atoms with van der Waals surface area (Å²) >= 11 is 0. The van der Waals surface area contributed by atoms with Crippen molar-refractivity contribution in [2.45, 2.75) is 6.92 Å². The largest absolute Gasteiger partial charge is 0.321 e. The Morgan fingerprint density at radius 1 is 0.903 bits per heavy atom. The summed E-state index contributed by atoms with van der Waals surface area (Å²) in [6.45, 7) is 2.04. The molecule has 0 aliphatic rings. The van der Waals surface area contributed by atoms with Crippen molar-refractivity contribution < 1.29 is 4.79 Å². The molecule has 0 unspecified atom stereocenters. The van der Waals surface area contributed by atoms with Crippen molar-refractivity contribution in [2.75, 3.05) is 5.32 Å². The number of aromatic nitrogens is 4. The van der Waals surface area contributed by atoms with E-state index in [0.29, 0.717) is 11.4 Å². The van der Waals surface area contributed by atoms with Crippen molar-refractivity contribution >= 4 is 17.2 Å². The number of pyridine rings is 1. The number of carbonyl (C=O) groups excluding carboxylic acids is 1. The molecule has 0 saturated heterocycles. The molecule has 5 aromatic rings. The van der Waals surface area contributed by atoms with Crippen LogP contribution in [-0.2, 0) is 7.05 Å². The van der Waals surface area contributed by atoms with Gasteiger partial charge in [0, 0.05) is 36.3 Å². The molecule has 0 atom stereocenters. The Hall–Kier alpha value is -4.19. The molecule has 1 amide bonds. The molecule has 0 spiro atoms. The summed E-state index contributed by atoms with van der Waals surface area (Å²) in [4.78, 5) is 17.7. The normalized spacial score (nSPS) is 11.0. The van der Waals surface area contributed by atoms with E-state index in [1.54, 1.807) is 17.8 Å². The second kappa shape index (κ2) is 7.57. The third-order valence-electron chi connectivity index (χ3n) is 5.28. The minimum atomic E-state index is -0.208. The van der Waals surface area contributed by atoms with E-state index in [-0.39, 0.29) is 5.91 Å². The van der Waals surface area contributed by atoms with Gasteiger partial charge in [-0.25, -0.2) is 4.98 Å². The van der Waals surface area contributed by atoms with Crippen LogP contribution in [0.25, 0.3) is 28.2 Å². The zero-order valence-electron chi connectivity index (χ0n) is 17.3. The van der Waals surface area contributed by atoms with Gasteiger partial charge in [-0.05, 0) is 36.8 Å². The number of fused-ring (bicyclic) bond motifs is 1. The number of carbonyl (C=O) groups is 1. The van der Waals surface area contributed by atoms with E-state index in [0.717, 1.165) is 33.7 Å². The maximum Gasteiger partial charge on any atom is 0.273 e. The predicted molar refractivity (Wildman–Crippen MR) is 122 cm³/mol. The highest BCUT2D eigenvalue weighted by Gasteiger charge is 2.15. The number of amides is 1. The van der Waals surface area contributed by atoms with E-state index in [4.69, 9.17) is 4.98 Å². The van der Waals surface area contributed by atoms with Gasteiger partial charge in [-0.15, -0.1) is 0 Å². The second-order valence-corrected chi connectivity index (χ2v) is 7.49. The smallest absolute Gasteiger partial charge is 0.273 e. The van der Waals surface area contributed by atoms with Gasteiger partial charge in [-0.2, -0.15) is 5.10 Å². The van der Waals surface area contributed by atoms with Crippen LogP contribution in [-0.4, -0.2) is 25.1 Å². The first-order valence-corrected chi connectivity index (χ1v) is 10.0. The van der Waals surface area contributed by atoms with Crippen LogP contribution in [0.4, 0.5) is 5.69 Å². The summed E-state index contributed by atoms with van der Waals surface area (Å²) in [6.07, 6.45) is 3.98. The summed E-state index contributed by atoms with van der Waals surface area (Å²) in [5, 5.41) is 7.47. The van der Waals surface area contributed by atoms with Crippen LogP contribution in [0.2, 0.25) is 0 Å². The monoisotopic (exact) mass is 407 g/mol. The molecule has 0 saturated carbocycles. The third kappa shape index (κ3) is 3.59. The van der Waals surface area contributed by atoms with Gasteiger partial charge in [0.1, 0.15) is 11.3 Å². The van der Waals surface area contributed by atoms with Gasteiger partial charge in [0.15, 0.2) is 0 Å². The summed E-state index contributed by atoms with van der Waals surface area (Å²) < 4.78 is 3.61. The molecule has 0 bridgehead atoms. The Labute approximate surface area is 179 Å². The summed E-state index contributed by atoms with van der Waals surface area (Å²) in [5.41, 5.74) is 6.78. The quantitative estimate of drug-likeness (QED) is 0.458. The lowest BCUT2D eigenvalue weighted by molar-refractivity contribution is 0.101. The molecule has 0 radical (unpaired) electrons. The van der Waals surface area contributed by atoms with Crippen molar-refractivity contribution in [3.63, 3.8) is 0 Å². The van der Waals surface area contributed by atoms with Gasteiger partial charge in [-0.3, -0.25) is 9.48 Å². The lowest BCUT2D eigenvalue weighted by atomic mass is 10.1. The Balaban J connectivity index is 1.41. The highest BCUT2D eigenvalue weighted by molar-refractivity contribution is 6.04. The molecule has 1 N–H and O–H groups in total. The highest BCUT2D eigenvalue weighted by atomic mass is 16.2. The molecule has 2 aromatic carbocycles. The first-order valence-electron chi connectivity index (χ1n) is 10.0. The first kappa shape index (κ1) is 18.8. The minimum absolute atomic E-state index is 0.208. The molecule has 6 heteroatoms. The van der Waals surface area contributed by atoms with Crippen LogP contribution in [0, 0.1) is 6.92 Å². The number of rotatable bonds is 4. The lowest BCUT2D eigenvalue weighted by Crippen LogP contribution is -2.16. The SMILES string of the molecule is Cc1cccn2cc(-c3cccc(NC(=O)c4cc(-c5ccccc5)nn4C)c3)nc12. The molecule has 0 aliphatic heterocycles. The number of nitrogens with one attached hydrogen (secondary N) is 1. The van der Waals surface area contributed by atoms with Crippen molar-refractivity contribution in [3.05, 3.63) is 96.4 Å². The van der Waals surface area contributed by atoms with E-state index in [9.17, 15) is 4.79 Å². The molecule has 0 aliphatic carbocycles. The van der Waals surface area contributed by atoms with Crippen LogP contribution >= 0.6 is 0 Å². The third-order valence-corrected chi connectivity index (χ3v) is 5.28. The molecule has 152 valence electrons. The first-order chi connectivity index (χ1) is 15.1. The molecule has 5 rings (SSSR count). The van der Waals surface area contributed by atoms with Crippen molar-refractivity contribution in [3.8, 4) is 22.5 Å². The molecule has 3 heterocycles. The number of hydrogen-bond acceptors (Lipinski definition) is 3. The molecule has 6 nitrogen and oxygen atoms in total. The highest BCUT2D eigenvalue weighted by Crippen LogP contribution is 2.24. The Bertz CT molecular complexity index is 1400. The van der Waals surface area contributed by atoms with Gasteiger partial charge in [0.25, 0.3) is 5.91 Å². The number of aryl methyl sites for hydroxylation is 2. The number of anilines is 1. The molecule has 0 fully saturated rings. The van der Waals surface area contributed by atoms with Gasteiger partial charge in [0.05, 0.1) is 11.4 Å². The Kier molecular flexibility index (Phi) is 4.59. The van der Waals surface area contributed by atoms with Crippen LogP contribution < -0.4 is 5.32 Å². The molecule has 31 heavy (non-hydrogen) atoms. The van der Waals surface area contributed by atoms with Gasteiger partial charge in [0.2, 0.25) is 0 Å². The van der Waals surface area contributed by atoms with E-state index in [1.165, 1.54) is 0 Å². The maximum atomic E-state index is 12.9. The maximum absolute atomic E-state index is 12.9. The summed E-state index contributed by atoms with van der Waals surface area (Å²) in [7, 11) is 1.77. The van der Waals surface area contributed by atoms with E-state index >= 15 is 0 Å². The van der Waals surface area contributed by atoms with Crippen LogP contribution in [0.5, 0.6) is 0 Å². The average molecular weight is 407 g/mol. The van der Waals surface area contributed by atoms with Crippen LogP contribution in [0.1, 0.15) is 16.1 Å². The number of nitrogens with zero attached hydrogens (tertiary/aromatic N) is 4. The Morgan fingerprint density at radius 2 is 1.71 bits per heavy atom. The fraction of sp³-hybridized carbons (Fsp3) is 0.0800. The van der Waals surface area contributed by atoms with Gasteiger partial charge < -0.3 is 9.72 Å². The summed E-state index contributed by atoms with van der Waals surface area (Å²) in [6, 6.07) is 23.4. The zero-order chi connectivity index (χ0) is 21.4. The molecular weight excluding hydrogens is 386 g/mol. The predicted octanol–water partition coefficient (Wildman–Crippen LogP) is 4.96. The van der Waals surface area contributed by atoms with Crippen LogP contribution in [0.3, 0.4) is 0 Å². The number of imidazole rings is 1. The second-order valence-electron chi connectivity index (χ2n) is 7.49. The zero-order valence-corrected chi connectivity index (χ0v) is 17.3.